The third-order valence-electron chi connectivity index (χ3n) is 1.93. The molecule has 0 fully saturated rings. The van der Waals surface area contributed by atoms with E-state index in [1.54, 1.807) is 0 Å². The van der Waals surface area contributed by atoms with Gasteiger partial charge in [-0.05, 0) is 12.8 Å². The molecule has 0 radical (unpaired) electrons. The van der Waals surface area contributed by atoms with Gasteiger partial charge in [0.15, 0.2) is 0 Å². The van der Waals surface area contributed by atoms with E-state index in [-0.39, 0.29) is 19.0 Å². The van der Waals surface area contributed by atoms with E-state index in [2.05, 4.69) is 4.74 Å². The van der Waals surface area contributed by atoms with Gasteiger partial charge in [-0.25, -0.2) is 0 Å². The van der Waals surface area contributed by atoms with Gasteiger partial charge in [0.05, 0.1) is 12.7 Å². The molecule has 0 saturated heterocycles. The van der Waals surface area contributed by atoms with E-state index in [4.69, 9.17) is 5.11 Å². The number of unbranched alkanes of at least 4 members (excludes halogenated alkanes) is 1. The molecule has 0 aromatic carbocycles. The molecule has 0 aromatic heterocycles. The fraction of sp³-hybridized carbons (Fsp3) is 0.800. The predicted octanol–water partition coefficient (Wildman–Crippen LogP) is 0.946. The first-order valence-electron chi connectivity index (χ1n) is 5.05. The molecule has 0 saturated carbocycles. The zero-order chi connectivity index (χ0) is 11.7. The number of hydrogen-bond acceptors (Lipinski definition) is 4. The molecule has 0 aliphatic carbocycles. The SMILES string of the molecule is CC(=O)OCCC(O)CCCCC(=O)O. The summed E-state index contributed by atoms with van der Waals surface area (Å²) in [6.07, 6.45) is 1.82. The van der Waals surface area contributed by atoms with Gasteiger partial charge in [-0.3, -0.25) is 9.59 Å². The fourth-order valence-corrected chi connectivity index (χ4v) is 1.14. The Labute approximate surface area is 89.0 Å². The predicted molar refractivity (Wildman–Crippen MR) is 53.4 cm³/mol. The first-order chi connectivity index (χ1) is 7.02. The van der Waals surface area contributed by atoms with Crippen molar-refractivity contribution in [2.75, 3.05) is 6.61 Å². The number of carbonyl (C=O) groups excluding carboxylic acids is 1. The molecular formula is C10H18O5. The number of aliphatic hydroxyl groups excluding tert-OH is 1. The molecule has 0 spiro atoms. The van der Waals surface area contributed by atoms with E-state index in [0.717, 1.165) is 0 Å². The molecule has 5 nitrogen and oxygen atoms in total. The Morgan fingerprint density at radius 2 is 1.93 bits per heavy atom. The van der Waals surface area contributed by atoms with Crippen molar-refractivity contribution in [3.05, 3.63) is 0 Å². The molecule has 1 unspecified atom stereocenters. The maximum Gasteiger partial charge on any atom is 0.303 e. The van der Waals surface area contributed by atoms with Crippen LogP contribution in [-0.4, -0.2) is 34.9 Å². The Balaban J connectivity index is 3.29. The van der Waals surface area contributed by atoms with E-state index >= 15 is 0 Å². The molecule has 0 amide bonds. The summed E-state index contributed by atoms with van der Waals surface area (Å²) in [7, 11) is 0. The minimum atomic E-state index is -0.815. The number of carbonyl (C=O) groups is 2. The standard InChI is InChI=1S/C10H18O5/c1-8(11)15-7-6-9(12)4-2-3-5-10(13)14/h9,12H,2-7H2,1H3,(H,13,14). The molecule has 0 heterocycles. The summed E-state index contributed by atoms with van der Waals surface area (Å²) in [6.45, 7) is 1.54. The second-order valence-corrected chi connectivity index (χ2v) is 3.42. The Bertz CT molecular complexity index is 202. The van der Waals surface area contributed by atoms with Crippen molar-refractivity contribution in [1.29, 1.82) is 0 Å². The van der Waals surface area contributed by atoms with Crippen molar-refractivity contribution in [1.82, 2.24) is 0 Å². The summed E-state index contributed by atoms with van der Waals surface area (Å²) in [6, 6.07) is 0. The van der Waals surface area contributed by atoms with E-state index in [9.17, 15) is 14.7 Å². The zero-order valence-electron chi connectivity index (χ0n) is 8.94. The van der Waals surface area contributed by atoms with Gasteiger partial charge in [-0.15, -0.1) is 0 Å². The Kier molecular flexibility index (Phi) is 7.62. The van der Waals surface area contributed by atoms with Gasteiger partial charge in [-0.2, -0.15) is 0 Å². The number of ether oxygens (including phenoxy) is 1. The lowest BCUT2D eigenvalue weighted by atomic mass is 10.1. The molecule has 0 aliphatic heterocycles. The fourth-order valence-electron chi connectivity index (χ4n) is 1.14. The maximum absolute atomic E-state index is 10.4. The second-order valence-electron chi connectivity index (χ2n) is 3.42. The van der Waals surface area contributed by atoms with Crippen LogP contribution in [-0.2, 0) is 14.3 Å². The van der Waals surface area contributed by atoms with Crippen molar-refractivity contribution in [3.8, 4) is 0 Å². The molecule has 0 bridgehead atoms. The number of aliphatic hydroxyl groups is 1. The van der Waals surface area contributed by atoms with Crippen molar-refractivity contribution in [2.24, 2.45) is 0 Å². The number of carboxylic acids is 1. The smallest absolute Gasteiger partial charge is 0.303 e. The molecule has 2 N–H and O–H groups in total. The lowest BCUT2D eigenvalue weighted by molar-refractivity contribution is -0.141. The first kappa shape index (κ1) is 13.9. The molecule has 0 rings (SSSR count). The number of esters is 1. The van der Waals surface area contributed by atoms with Crippen LogP contribution in [0.3, 0.4) is 0 Å². The van der Waals surface area contributed by atoms with Gasteiger partial charge in [0.2, 0.25) is 0 Å². The van der Waals surface area contributed by atoms with Gasteiger partial charge >= 0.3 is 11.9 Å². The summed E-state index contributed by atoms with van der Waals surface area (Å²) in [5.74, 6) is -1.17. The van der Waals surface area contributed by atoms with Gasteiger partial charge in [-0.1, -0.05) is 6.42 Å². The zero-order valence-corrected chi connectivity index (χ0v) is 8.94. The van der Waals surface area contributed by atoms with Gasteiger partial charge in [0, 0.05) is 19.8 Å². The average molecular weight is 218 g/mol. The van der Waals surface area contributed by atoms with E-state index in [1.807, 2.05) is 0 Å². The highest BCUT2D eigenvalue weighted by molar-refractivity contribution is 5.66. The summed E-state index contributed by atoms with van der Waals surface area (Å²) < 4.78 is 4.66. The normalized spacial score (nSPS) is 12.1. The summed E-state index contributed by atoms with van der Waals surface area (Å²) in [5, 5.41) is 17.7. The molecule has 88 valence electrons. The summed E-state index contributed by atoms with van der Waals surface area (Å²) in [4.78, 5) is 20.6. The van der Waals surface area contributed by atoms with Crippen LogP contribution in [0.25, 0.3) is 0 Å². The van der Waals surface area contributed by atoms with Crippen LogP contribution in [0, 0.1) is 0 Å². The van der Waals surface area contributed by atoms with Crippen molar-refractivity contribution >= 4 is 11.9 Å². The minimum absolute atomic E-state index is 0.136. The highest BCUT2D eigenvalue weighted by atomic mass is 16.5. The molecule has 1 atom stereocenters. The van der Waals surface area contributed by atoms with Crippen LogP contribution in [0.2, 0.25) is 0 Å². The van der Waals surface area contributed by atoms with Crippen LogP contribution in [0.5, 0.6) is 0 Å². The van der Waals surface area contributed by atoms with Gasteiger partial charge < -0.3 is 14.9 Å². The number of aliphatic carboxylic acids is 1. The third kappa shape index (κ3) is 10.8. The van der Waals surface area contributed by atoms with E-state index in [1.165, 1.54) is 6.92 Å². The molecular weight excluding hydrogens is 200 g/mol. The molecule has 0 aliphatic rings. The number of rotatable bonds is 8. The Morgan fingerprint density at radius 3 is 2.47 bits per heavy atom. The molecule has 5 heteroatoms. The highest BCUT2D eigenvalue weighted by Crippen LogP contribution is 2.06. The topological polar surface area (TPSA) is 83.8 Å². The van der Waals surface area contributed by atoms with Crippen molar-refractivity contribution in [3.63, 3.8) is 0 Å². The van der Waals surface area contributed by atoms with Crippen molar-refractivity contribution < 1.29 is 24.5 Å². The van der Waals surface area contributed by atoms with Crippen molar-refractivity contribution in [2.45, 2.75) is 45.1 Å². The molecule has 0 aromatic rings. The third-order valence-corrected chi connectivity index (χ3v) is 1.93. The summed E-state index contributed by atoms with van der Waals surface area (Å²) in [5.41, 5.74) is 0. The van der Waals surface area contributed by atoms with Gasteiger partial charge in [0.25, 0.3) is 0 Å². The Hall–Kier alpha value is -1.10. The monoisotopic (exact) mass is 218 g/mol. The van der Waals surface area contributed by atoms with E-state index in [0.29, 0.717) is 25.7 Å². The van der Waals surface area contributed by atoms with Crippen LogP contribution in [0.15, 0.2) is 0 Å². The number of carboxylic acid groups (broad SMARTS) is 1. The van der Waals surface area contributed by atoms with Crippen LogP contribution in [0.4, 0.5) is 0 Å². The minimum Gasteiger partial charge on any atom is -0.481 e. The van der Waals surface area contributed by atoms with Crippen LogP contribution >= 0.6 is 0 Å². The average Bonchev–Trinajstić information content (AvgIpc) is 2.11. The van der Waals surface area contributed by atoms with E-state index < -0.39 is 12.1 Å². The largest absolute Gasteiger partial charge is 0.481 e. The van der Waals surface area contributed by atoms with Crippen LogP contribution in [0.1, 0.15) is 39.0 Å². The Morgan fingerprint density at radius 1 is 1.27 bits per heavy atom. The highest BCUT2D eigenvalue weighted by Gasteiger charge is 2.05. The first-order valence-corrected chi connectivity index (χ1v) is 5.05. The van der Waals surface area contributed by atoms with Crippen LogP contribution < -0.4 is 0 Å². The summed E-state index contributed by atoms with van der Waals surface area (Å²) >= 11 is 0. The lowest BCUT2D eigenvalue weighted by Gasteiger charge is -2.09. The maximum atomic E-state index is 10.4. The quantitative estimate of drug-likeness (QED) is 0.468. The number of hydrogen-bond donors (Lipinski definition) is 2. The lowest BCUT2D eigenvalue weighted by Crippen LogP contribution is -2.12. The second kappa shape index (κ2) is 8.23. The molecule has 15 heavy (non-hydrogen) atoms. The van der Waals surface area contributed by atoms with Gasteiger partial charge in [0.1, 0.15) is 0 Å².